The molecule has 0 unspecified atom stereocenters. The van der Waals surface area contributed by atoms with Crippen molar-refractivity contribution in [2.24, 2.45) is 0 Å². The van der Waals surface area contributed by atoms with E-state index in [9.17, 15) is 13.2 Å². The summed E-state index contributed by atoms with van der Waals surface area (Å²) in [4.78, 5) is 15.3. The van der Waals surface area contributed by atoms with Crippen LogP contribution in [0.4, 0.5) is 0 Å². The Balaban J connectivity index is 1.45. The Morgan fingerprint density at radius 2 is 1.80 bits per heavy atom. The van der Waals surface area contributed by atoms with Crippen LogP contribution in [0.15, 0.2) is 53.6 Å². The molecule has 0 spiro atoms. The summed E-state index contributed by atoms with van der Waals surface area (Å²) in [6.07, 6.45) is 5.31. The van der Waals surface area contributed by atoms with Crippen LogP contribution in [-0.4, -0.2) is 57.8 Å². The number of rotatable bonds is 4. The molecule has 1 aromatic carbocycles. The van der Waals surface area contributed by atoms with Crippen LogP contribution in [0.25, 0.3) is 5.65 Å². The molecule has 0 aliphatic carbocycles. The van der Waals surface area contributed by atoms with Crippen LogP contribution in [-0.2, 0) is 10.0 Å². The van der Waals surface area contributed by atoms with E-state index in [0.717, 1.165) is 37.2 Å². The molecule has 0 radical (unpaired) electrons. The third-order valence-electron chi connectivity index (χ3n) is 5.94. The predicted octanol–water partition coefficient (Wildman–Crippen LogP) is 2.49. The van der Waals surface area contributed by atoms with E-state index >= 15 is 0 Å². The molecule has 2 aliphatic heterocycles. The number of fused-ring (bicyclic) bond motifs is 1. The Labute approximate surface area is 175 Å². The first-order valence-corrected chi connectivity index (χ1v) is 11.7. The van der Waals surface area contributed by atoms with Gasteiger partial charge in [0.25, 0.3) is 5.91 Å². The number of likely N-dealkylation sites (tertiary alicyclic amines) is 1. The van der Waals surface area contributed by atoms with Crippen LogP contribution in [0.3, 0.4) is 0 Å². The first kappa shape index (κ1) is 19.2. The molecule has 5 rings (SSSR count). The van der Waals surface area contributed by atoms with Gasteiger partial charge in [0.15, 0.2) is 11.5 Å². The molecule has 9 heteroatoms. The molecule has 1 atom stereocenters. The molecular weight excluding hydrogens is 402 g/mol. The van der Waals surface area contributed by atoms with Crippen LogP contribution >= 0.6 is 0 Å². The standard InChI is InChI=1S/C21H23N5O3S/c27-21(16-7-5-8-17(15-16)30(28,29)24-11-3-4-12-24)25-14-6-9-18(25)20-23-22-19-10-1-2-13-26(19)20/h1-2,5,7-8,10,13,15,18H,3-4,6,9,11-12,14H2/t18-/m1/s1. The lowest BCUT2D eigenvalue weighted by molar-refractivity contribution is 0.0729. The number of carbonyl (C=O) groups excluding carboxylic acids is 1. The normalized spacial score (nSPS) is 20.3. The third-order valence-corrected chi connectivity index (χ3v) is 7.83. The van der Waals surface area contributed by atoms with Crippen molar-refractivity contribution in [1.29, 1.82) is 0 Å². The molecule has 0 bridgehead atoms. The van der Waals surface area contributed by atoms with Gasteiger partial charge in [0.05, 0.1) is 10.9 Å². The average Bonchev–Trinajstić information content (AvgIpc) is 3.53. The molecular formula is C21H23N5O3S. The van der Waals surface area contributed by atoms with Crippen LogP contribution < -0.4 is 0 Å². The van der Waals surface area contributed by atoms with E-state index in [2.05, 4.69) is 10.2 Å². The Morgan fingerprint density at radius 3 is 2.63 bits per heavy atom. The van der Waals surface area contributed by atoms with Gasteiger partial charge >= 0.3 is 0 Å². The Hall–Kier alpha value is -2.78. The number of benzene rings is 1. The minimum Gasteiger partial charge on any atom is -0.328 e. The van der Waals surface area contributed by atoms with E-state index < -0.39 is 10.0 Å². The summed E-state index contributed by atoms with van der Waals surface area (Å²) in [5, 5.41) is 8.54. The lowest BCUT2D eigenvalue weighted by Crippen LogP contribution is -2.32. The van der Waals surface area contributed by atoms with Crippen LogP contribution in [0.1, 0.15) is 47.9 Å². The van der Waals surface area contributed by atoms with Crippen LogP contribution in [0.5, 0.6) is 0 Å². The number of aromatic nitrogens is 3. The van der Waals surface area contributed by atoms with Gasteiger partial charge < -0.3 is 4.90 Å². The van der Waals surface area contributed by atoms with Gasteiger partial charge in [0.2, 0.25) is 10.0 Å². The van der Waals surface area contributed by atoms with Crippen molar-refractivity contribution in [2.45, 2.75) is 36.6 Å². The number of sulfonamides is 1. The van der Waals surface area contributed by atoms with Gasteiger partial charge in [-0.3, -0.25) is 9.20 Å². The van der Waals surface area contributed by atoms with Crippen molar-refractivity contribution in [1.82, 2.24) is 23.8 Å². The summed E-state index contributed by atoms with van der Waals surface area (Å²) < 4.78 is 29.2. The molecule has 4 heterocycles. The Bertz CT molecular complexity index is 1200. The van der Waals surface area contributed by atoms with Crippen LogP contribution in [0.2, 0.25) is 0 Å². The van der Waals surface area contributed by atoms with Gasteiger partial charge in [-0.05, 0) is 56.0 Å². The topological polar surface area (TPSA) is 87.9 Å². The second-order valence-electron chi connectivity index (χ2n) is 7.78. The van der Waals surface area contributed by atoms with E-state index in [0.29, 0.717) is 25.2 Å². The highest BCUT2D eigenvalue weighted by Crippen LogP contribution is 2.33. The van der Waals surface area contributed by atoms with E-state index in [4.69, 9.17) is 0 Å². The summed E-state index contributed by atoms with van der Waals surface area (Å²) in [6, 6.07) is 11.9. The number of carbonyl (C=O) groups is 1. The van der Waals surface area contributed by atoms with Crippen molar-refractivity contribution < 1.29 is 13.2 Å². The van der Waals surface area contributed by atoms with E-state index in [-0.39, 0.29) is 16.8 Å². The molecule has 2 aromatic heterocycles. The zero-order valence-electron chi connectivity index (χ0n) is 16.5. The fourth-order valence-corrected chi connectivity index (χ4v) is 5.96. The molecule has 0 saturated carbocycles. The molecule has 2 aliphatic rings. The van der Waals surface area contributed by atoms with Crippen LogP contribution in [0, 0.1) is 0 Å². The highest BCUT2D eigenvalue weighted by Gasteiger charge is 2.34. The average molecular weight is 426 g/mol. The van der Waals surface area contributed by atoms with Gasteiger partial charge in [0.1, 0.15) is 0 Å². The van der Waals surface area contributed by atoms with Crippen molar-refractivity contribution in [3.63, 3.8) is 0 Å². The minimum atomic E-state index is -3.57. The molecule has 0 N–H and O–H groups in total. The van der Waals surface area contributed by atoms with Gasteiger partial charge in [-0.1, -0.05) is 12.1 Å². The van der Waals surface area contributed by atoms with Gasteiger partial charge in [-0.2, -0.15) is 4.31 Å². The lowest BCUT2D eigenvalue weighted by atomic mass is 10.1. The third kappa shape index (κ3) is 3.18. The maximum Gasteiger partial charge on any atom is 0.254 e. The number of pyridine rings is 1. The van der Waals surface area contributed by atoms with Crippen molar-refractivity contribution >= 4 is 21.6 Å². The van der Waals surface area contributed by atoms with E-state index in [1.807, 2.05) is 28.8 Å². The number of hydrogen-bond acceptors (Lipinski definition) is 5. The fraction of sp³-hybridized carbons (Fsp3) is 0.381. The van der Waals surface area contributed by atoms with E-state index in [1.54, 1.807) is 23.1 Å². The number of hydrogen-bond donors (Lipinski definition) is 0. The molecule has 2 fully saturated rings. The largest absolute Gasteiger partial charge is 0.328 e. The molecule has 1 amide bonds. The van der Waals surface area contributed by atoms with Gasteiger partial charge in [-0.15, -0.1) is 10.2 Å². The SMILES string of the molecule is O=C(c1cccc(S(=O)(=O)N2CCCC2)c1)N1CCC[C@@H]1c1nnc2ccccn12. The smallest absolute Gasteiger partial charge is 0.254 e. The summed E-state index contributed by atoms with van der Waals surface area (Å²) in [7, 11) is -3.57. The lowest BCUT2D eigenvalue weighted by Gasteiger charge is -2.24. The summed E-state index contributed by atoms with van der Waals surface area (Å²) in [5.74, 6) is 0.556. The molecule has 8 nitrogen and oxygen atoms in total. The monoisotopic (exact) mass is 425 g/mol. The Kier molecular flexibility index (Phi) is 4.79. The molecule has 2 saturated heterocycles. The maximum absolute atomic E-state index is 13.3. The predicted molar refractivity (Wildman–Crippen MR) is 110 cm³/mol. The first-order valence-electron chi connectivity index (χ1n) is 10.3. The molecule has 3 aromatic rings. The molecule has 156 valence electrons. The minimum absolute atomic E-state index is 0.177. The summed E-state index contributed by atoms with van der Waals surface area (Å²) in [6.45, 7) is 1.68. The summed E-state index contributed by atoms with van der Waals surface area (Å²) in [5.41, 5.74) is 1.13. The van der Waals surface area contributed by atoms with E-state index in [1.165, 1.54) is 10.4 Å². The molecule has 30 heavy (non-hydrogen) atoms. The highest BCUT2D eigenvalue weighted by atomic mass is 32.2. The van der Waals surface area contributed by atoms with Crippen molar-refractivity contribution in [2.75, 3.05) is 19.6 Å². The fourth-order valence-electron chi connectivity index (χ4n) is 4.40. The zero-order chi connectivity index (χ0) is 20.7. The second-order valence-corrected chi connectivity index (χ2v) is 9.72. The second kappa shape index (κ2) is 7.48. The zero-order valence-corrected chi connectivity index (χ0v) is 17.3. The van der Waals surface area contributed by atoms with Crippen molar-refractivity contribution in [3.8, 4) is 0 Å². The van der Waals surface area contributed by atoms with Gasteiger partial charge in [0, 0.05) is 31.4 Å². The van der Waals surface area contributed by atoms with Crippen molar-refractivity contribution in [3.05, 3.63) is 60.0 Å². The number of amides is 1. The highest BCUT2D eigenvalue weighted by molar-refractivity contribution is 7.89. The first-order chi connectivity index (χ1) is 14.6. The Morgan fingerprint density at radius 1 is 0.967 bits per heavy atom. The van der Waals surface area contributed by atoms with Gasteiger partial charge in [-0.25, -0.2) is 8.42 Å². The number of nitrogens with zero attached hydrogens (tertiary/aromatic N) is 5. The summed E-state index contributed by atoms with van der Waals surface area (Å²) >= 11 is 0. The quantitative estimate of drug-likeness (QED) is 0.641. The maximum atomic E-state index is 13.3.